The van der Waals surface area contributed by atoms with Crippen LogP contribution in [0.4, 0.5) is 0 Å². The maximum absolute atomic E-state index is 3.09. The van der Waals surface area contributed by atoms with Gasteiger partial charge in [-0.25, -0.2) is 0 Å². The highest BCUT2D eigenvalue weighted by molar-refractivity contribution is 6.73. The topological polar surface area (TPSA) is 27.3 Å². The highest BCUT2D eigenvalue weighted by Gasteiger charge is 2.18. The fourth-order valence-electron chi connectivity index (χ4n) is 0.553. The Kier molecular flexibility index (Phi) is 1.99. The molecule has 0 aliphatic carbocycles. The molecule has 0 unspecified atom stereocenters. The maximum atomic E-state index is 3.09. The molecule has 0 aromatic heterocycles. The minimum Gasteiger partial charge on any atom is -0.379 e. The van der Waals surface area contributed by atoms with Gasteiger partial charge in [0.05, 0.1) is 0 Å². The molecule has 0 aromatic rings. The minimum absolute atomic E-state index is 0.413. The van der Waals surface area contributed by atoms with Crippen LogP contribution in [0.1, 0.15) is 0 Å². The number of rotatable bonds is 0. The Morgan fingerprint density at radius 1 is 1.62 bits per heavy atom. The molecule has 0 saturated carbocycles. The van der Waals surface area contributed by atoms with E-state index < -0.39 is 0 Å². The fraction of sp³-hybridized carbons (Fsp3) is 1.00. The maximum Gasteiger partial charge on any atom is 0.287 e. The molecule has 0 bridgehead atoms. The van der Waals surface area contributed by atoms with Crippen LogP contribution in [0.5, 0.6) is 0 Å². The summed E-state index contributed by atoms with van der Waals surface area (Å²) in [6.07, 6.45) is 0. The SMILES string of the molecule is CB1N[B]N[B]N1C. The van der Waals surface area contributed by atoms with Crippen molar-refractivity contribution in [1.29, 1.82) is 0 Å². The highest BCUT2D eigenvalue weighted by atomic mass is 15.1. The zero-order valence-corrected chi connectivity index (χ0v) is 5.18. The van der Waals surface area contributed by atoms with Crippen LogP contribution in [0.15, 0.2) is 0 Å². The molecule has 3 nitrogen and oxygen atoms in total. The summed E-state index contributed by atoms with van der Waals surface area (Å²) in [6.45, 7) is 2.50. The molecule has 0 amide bonds. The van der Waals surface area contributed by atoms with Crippen molar-refractivity contribution < 1.29 is 0 Å². The third kappa shape index (κ3) is 1.28. The van der Waals surface area contributed by atoms with Crippen molar-refractivity contribution in [1.82, 2.24) is 15.0 Å². The molecule has 40 valence electrons. The highest BCUT2D eigenvalue weighted by Crippen LogP contribution is 1.83. The molecule has 1 aliphatic rings. The first kappa shape index (κ1) is 6.20. The third-order valence-corrected chi connectivity index (χ3v) is 1.30. The lowest BCUT2D eigenvalue weighted by molar-refractivity contribution is 0.787. The monoisotopic (exact) mass is 107 g/mol. The molecule has 2 N–H and O–H groups in total. The van der Waals surface area contributed by atoms with E-state index in [9.17, 15) is 0 Å². The van der Waals surface area contributed by atoms with Crippen molar-refractivity contribution in [2.24, 2.45) is 0 Å². The van der Waals surface area contributed by atoms with E-state index >= 15 is 0 Å². The van der Waals surface area contributed by atoms with Crippen molar-refractivity contribution in [3.8, 4) is 0 Å². The predicted octanol–water partition coefficient (Wildman–Crippen LogP) is -1.70. The van der Waals surface area contributed by atoms with Gasteiger partial charge in [-0.1, -0.05) is 6.82 Å². The largest absolute Gasteiger partial charge is 0.379 e. The Labute approximate surface area is 51.9 Å². The van der Waals surface area contributed by atoms with Gasteiger partial charge >= 0.3 is 0 Å². The third-order valence-electron chi connectivity index (χ3n) is 1.30. The van der Waals surface area contributed by atoms with E-state index in [1.54, 1.807) is 0 Å². The smallest absolute Gasteiger partial charge is 0.287 e. The second-order valence-electron chi connectivity index (χ2n) is 1.95. The summed E-state index contributed by atoms with van der Waals surface area (Å²) in [4.78, 5) is 0. The standard InChI is InChI=1S/C2H8B3N3/c1-5-7-3-6-4-8(5)2/h6-7H,1-2H3. The van der Waals surface area contributed by atoms with Crippen molar-refractivity contribution in [2.75, 3.05) is 7.05 Å². The Morgan fingerprint density at radius 2 is 2.38 bits per heavy atom. The number of nitrogens with zero attached hydrogens (tertiary/aromatic N) is 1. The van der Waals surface area contributed by atoms with Gasteiger partial charge in [-0.2, -0.15) is 0 Å². The van der Waals surface area contributed by atoms with E-state index in [1.165, 1.54) is 0 Å². The Bertz CT molecular complexity index is 68.9. The van der Waals surface area contributed by atoms with Gasteiger partial charge < -0.3 is 15.0 Å². The predicted molar refractivity (Wildman–Crippen MR) is 37.2 cm³/mol. The van der Waals surface area contributed by atoms with Gasteiger partial charge in [-0.3, -0.25) is 0 Å². The lowest BCUT2D eigenvalue weighted by Crippen LogP contribution is -2.62. The number of hydrogen-bond donors (Lipinski definition) is 2. The lowest BCUT2D eigenvalue weighted by Gasteiger charge is -2.26. The molecule has 1 rings (SSSR count). The van der Waals surface area contributed by atoms with E-state index in [0.29, 0.717) is 6.98 Å². The van der Waals surface area contributed by atoms with Gasteiger partial charge in [-0.15, -0.1) is 0 Å². The average Bonchev–Trinajstić information content (AvgIpc) is 1.77. The van der Waals surface area contributed by atoms with Gasteiger partial charge in [-0.05, 0) is 7.05 Å². The van der Waals surface area contributed by atoms with Gasteiger partial charge in [0.2, 0.25) is 0 Å². The van der Waals surface area contributed by atoms with E-state index in [0.717, 1.165) is 0 Å². The van der Waals surface area contributed by atoms with Crippen LogP contribution < -0.4 is 10.3 Å². The van der Waals surface area contributed by atoms with E-state index in [1.807, 2.05) is 22.1 Å². The summed E-state index contributed by atoms with van der Waals surface area (Å²) in [5.41, 5.74) is 0. The Hall–Kier alpha value is 0.0748. The molecule has 0 atom stereocenters. The second kappa shape index (κ2) is 2.57. The first-order valence-corrected chi connectivity index (χ1v) is 2.70. The summed E-state index contributed by atoms with van der Waals surface area (Å²) >= 11 is 0. The Morgan fingerprint density at radius 3 is 2.75 bits per heavy atom. The van der Waals surface area contributed by atoms with E-state index in [-0.39, 0.29) is 0 Å². The van der Waals surface area contributed by atoms with Gasteiger partial charge in [0.15, 0.2) is 0 Å². The average molecular weight is 107 g/mol. The van der Waals surface area contributed by atoms with Crippen molar-refractivity contribution >= 4 is 22.1 Å². The zero-order chi connectivity index (χ0) is 5.98. The lowest BCUT2D eigenvalue weighted by atomic mass is 9.65. The first-order chi connectivity index (χ1) is 3.80. The van der Waals surface area contributed by atoms with E-state index in [4.69, 9.17) is 0 Å². The summed E-state index contributed by atoms with van der Waals surface area (Å²) in [5.74, 6) is 0. The van der Waals surface area contributed by atoms with E-state index in [2.05, 4.69) is 21.8 Å². The van der Waals surface area contributed by atoms with Crippen LogP contribution in [0.3, 0.4) is 0 Å². The molecule has 8 heavy (non-hydrogen) atoms. The van der Waals surface area contributed by atoms with Crippen molar-refractivity contribution in [3.05, 3.63) is 0 Å². The van der Waals surface area contributed by atoms with Crippen LogP contribution in [-0.2, 0) is 0 Å². The van der Waals surface area contributed by atoms with Crippen LogP contribution >= 0.6 is 0 Å². The molecular weight excluding hydrogens is 98.5 g/mol. The number of hydrogen-bond acceptors (Lipinski definition) is 3. The molecule has 0 spiro atoms. The fourth-order valence-corrected chi connectivity index (χ4v) is 0.553. The van der Waals surface area contributed by atoms with Gasteiger partial charge in [0, 0.05) is 0 Å². The molecule has 1 saturated heterocycles. The summed E-state index contributed by atoms with van der Waals surface area (Å²) < 4.78 is 2.06. The van der Waals surface area contributed by atoms with Crippen LogP contribution in [0.2, 0.25) is 6.82 Å². The minimum atomic E-state index is 0.413. The summed E-state index contributed by atoms with van der Waals surface area (Å²) in [7, 11) is 5.75. The Balaban J connectivity index is 2.28. The zero-order valence-electron chi connectivity index (χ0n) is 5.18. The molecule has 6 heteroatoms. The molecule has 1 fully saturated rings. The molecular formula is C2H8B3N3. The molecule has 1 aliphatic heterocycles. The molecule has 1 heterocycles. The van der Waals surface area contributed by atoms with Crippen LogP contribution in [0.25, 0.3) is 0 Å². The normalized spacial score (nSPS) is 22.0. The summed E-state index contributed by atoms with van der Waals surface area (Å²) in [6, 6.07) is 0. The van der Waals surface area contributed by atoms with Gasteiger partial charge in [0.25, 0.3) is 22.1 Å². The van der Waals surface area contributed by atoms with Crippen molar-refractivity contribution in [2.45, 2.75) is 6.82 Å². The van der Waals surface area contributed by atoms with Crippen LogP contribution in [-0.4, -0.2) is 33.9 Å². The second-order valence-corrected chi connectivity index (χ2v) is 1.95. The van der Waals surface area contributed by atoms with Crippen molar-refractivity contribution in [3.63, 3.8) is 0 Å². The first-order valence-electron chi connectivity index (χ1n) is 2.70. The quantitative estimate of drug-likeness (QED) is 0.361. The van der Waals surface area contributed by atoms with Gasteiger partial charge in [0.1, 0.15) is 0 Å². The molecule has 2 radical (unpaired) electrons. The summed E-state index contributed by atoms with van der Waals surface area (Å²) in [5, 5.41) is 6.02. The number of nitrogens with one attached hydrogen (secondary N) is 2. The molecule has 0 aromatic carbocycles. The van der Waals surface area contributed by atoms with Crippen LogP contribution in [0, 0.1) is 0 Å².